The van der Waals surface area contributed by atoms with Crippen LogP contribution in [0, 0.1) is 0 Å². The molecule has 5 heteroatoms. The molecule has 0 saturated carbocycles. The Balaban J connectivity index is 1.14. The van der Waals surface area contributed by atoms with Crippen molar-refractivity contribution in [3.05, 3.63) is 164 Å². The van der Waals surface area contributed by atoms with Crippen LogP contribution in [-0.4, -0.2) is 14.5 Å². The molecule has 0 unspecified atom stereocenters. The van der Waals surface area contributed by atoms with Gasteiger partial charge in [-0.3, -0.25) is 4.98 Å². The molecular weight excluding hydrogens is 627 g/mol. The maximum atomic E-state index is 6.15. The summed E-state index contributed by atoms with van der Waals surface area (Å²) in [4.78, 5) is 9.76. The zero-order chi connectivity index (χ0) is 33.5. The molecule has 11 aromatic rings. The highest BCUT2D eigenvalue weighted by atomic mass is 16.3. The molecule has 0 atom stereocenters. The summed E-state index contributed by atoms with van der Waals surface area (Å²) in [5.41, 5.74) is 13.9. The summed E-state index contributed by atoms with van der Waals surface area (Å²) in [6, 6.07) is 55.0. The van der Waals surface area contributed by atoms with Gasteiger partial charge in [0.2, 0.25) is 0 Å². The lowest BCUT2D eigenvalue weighted by Crippen LogP contribution is -1.95. The van der Waals surface area contributed by atoms with Crippen LogP contribution in [0.2, 0.25) is 0 Å². The fourth-order valence-electron chi connectivity index (χ4n) is 7.64. The van der Waals surface area contributed by atoms with Crippen molar-refractivity contribution in [3.8, 4) is 39.3 Å². The summed E-state index contributed by atoms with van der Waals surface area (Å²) in [5, 5.41) is 5.58. The Kier molecular flexibility index (Phi) is 5.89. The van der Waals surface area contributed by atoms with Crippen LogP contribution >= 0.6 is 0 Å². The molecule has 0 bridgehead atoms. The van der Waals surface area contributed by atoms with E-state index in [1.807, 2.05) is 54.7 Å². The zero-order valence-electron chi connectivity index (χ0n) is 27.2. The monoisotopic (exact) mass is 653 g/mol. The molecule has 0 aliphatic heterocycles. The number of hydrogen-bond acceptors (Lipinski definition) is 4. The van der Waals surface area contributed by atoms with E-state index < -0.39 is 0 Å². The number of aromatic nitrogens is 3. The number of fused-ring (bicyclic) bond motifs is 9. The second-order valence-corrected chi connectivity index (χ2v) is 13.0. The van der Waals surface area contributed by atoms with Crippen molar-refractivity contribution in [2.45, 2.75) is 0 Å². The highest BCUT2D eigenvalue weighted by Gasteiger charge is 2.17. The molecule has 51 heavy (non-hydrogen) atoms. The van der Waals surface area contributed by atoms with Crippen molar-refractivity contribution in [1.82, 2.24) is 14.5 Å². The highest BCUT2D eigenvalue weighted by molar-refractivity contribution is 6.12. The third kappa shape index (κ3) is 4.35. The fraction of sp³-hybridized carbons (Fsp3) is 0. The van der Waals surface area contributed by atoms with Gasteiger partial charge in [-0.1, -0.05) is 66.7 Å². The van der Waals surface area contributed by atoms with Crippen LogP contribution in [0.15, 0.2) is 173 Å². The summed E-state index contributed by atoms with van der Waals surface area (Å²) in [7, 11) is 0. The second-order valence-electron chi connectivity index (χ2n) is 13.0. The molecule has 0 amide bonds. The van der Waals surface area contributed by atoms with Crippen LogP contribution in [-0.2, 0) is 0 Å². The Morgan fingerprint density at radius 2 is 1.02 bits per heavy atom. The first kappa shape index (κ1) is 27.9. The predicted molar refractivity (Wildman–Crippen MR) is 207 cm³/mol. The Morgan fingerprint density at radius 1 is 0.392 bits per heavy atom. The zero-order valence-corrected chi connectivity index (χ0v) is 27.2. The van der Waals surface area contributed by atoms with Gasteiger partial charge < -0.3 is 13.4 Å². The summed E-state index contributed by atoms with van der Waals surface area (Å²) < 4.78 is 14.6. The van der Waals surface area contributed by atoms with Gasteiger partial charge in [0.25, 0.3) is 0 Å². The first-order chi connectivity index (χ1) is 25.2. The lowest BCUT2D eigenvalue weighted by Gasteiger charge is -2.11. The lowest BCUT2D eigenvalue weighted by atomic mass is 10.00. The third-order valence-corrected chi connectivity index (χ3v) is 10.1. The largest absolute Gasteiger partial charge is 0.456 e. The van der Waals surface area contributed by atoms with Crippen molar-refractivity contribution in [1.29, 1.82) is 0 Å². The molecule has 6 aromatic carbocycles. The van der Waals surface area contributed by atoms with Crippen molar-refractivity contribution >= 4 is 65.8 Å². The summed E-state index contributed by atoms with van der Waals surface area (Å²) in [6.07, 6.45) is 1.84. The van der Waals surface area contributed by atoms with Crippen LogP contribution in [0.4, 0.5) is 0 Å². The normalized spacial score (nSPS) is 11.9. The van der Waals surface area contributed by atoms with E-state index in [4.69, 9.17) is 13.8 Å². The van der Waals surface area contributed by atoms with E-state index in [-0.39, 0.29) is 0 Å². The fourth-order valence-corrected chi connectivity index (χ4v) is 7.64. The van der Waals surface area contributed by atoms with E-state index in [1.54, 1.807) is 0 Å². The molecule has 0 aliphatic carbocycles. The minimum Gasteiger partial charge on any atom is -0.456 e. The third-order valence-electron chi connectivity index (χ3n) is 10.1. The van der Waals surface area contributed by atoms with E-state index in [1.165, 1.54) is 5.39 Å². The number of hydrogen-bond donors (Lipinski definition) is 0. The molecule has 0 N–H and O–H groups in total. The van der Waals surface area contributed by atoms with Gasteiger partial charge in [-0.2, -0.15) is 0 Å². The number of furan rings is 2. The molecule has 238 valence electrons. The molecule has 5 aromatic heterocycles. The Labute approximate surface area is 291 Å². The Hall–Kier alpha value is -6.98. The standard InChI is InChI=1S/C46H27N3O2/c1-3-13-42-33(10-1)37-26-29(17-21-44(37)50-42)28-15-19-40-35(25-28)36-27-31(39-18-22-45-46(48-39)34-11-2-4-14-43(34)51-45)16-20-41(36)49(40)32-9-7-8-30(24-32)38-12-5-6-23-47-38/h1-27H. The molecule has 5 nitrogen and oxygen atoms in total. The number of para-hydroxylation sites is 2. The van der Waals surface area contributed by atoms with E-state index in [0.29, 0.717) is 0 Å². The van der Waals surface area contributed by atoms with Crippen molar-refractivity contribution in [2.24, 2.45) is 0 Å². The maximum absolute atomic E-state index is 6.15. The van der Waals surface area contributed by atoms with E-state index in [9.17, 15) is 0 Å². The molecule has 0 aliphatic rings. The first-order valence-corrected chi connectivity index (χ1v) is 17.1. The SMILES string of the molecule is c1ccc(-c2cccc(-n3c4ccc(-c5ccc6oc7ccccc7c6c5)cc4c4cc(-c5ccc6oc7ccccc7c6n5)ccc43)c2)nc1. The van der Waals surface area contributed by atoms with Crippen molar-refractivity contribution in [2.75, 3.05) is 0 Å². The molecule has 0 spiro atoms. The minimum atomic E-state index is 0.789. The van der Waals surface area contributed by atoms with Gasteiger partial charge in [0.05, 0.1) is 22.4 Å². The Morgan fingerprint density at radius 3 is 1.84 bits per heavy atom. The van der Waals surface area contributed by atoms with E-state index >= 15 is 0 Å². The van der Waals surface area contributed by atoms with Crippen LogP contribution in [0.3, 0.4) is 0 Å². The molecular formula is C46H27N3O2. The molecule has 0 fully saturated rings. The number of rotatable bonds is 4. The van der Waals surface area contributed by atoms with Crippen molar-refractivity contribution in [3.63, 3.8) is 0 Å². The summed E-state index contributed by atoms with van der Waals surface area (Å²) in [6.45, 7) is 0. The van der Waals surface area contributed by atoms with Gasteiger partial charge in [0, 0.05) is 49.9 Å². The predicted octanol–water partition coefficient (Wildman–Crippen LogP) is 12.4. The van der Waals surface area contributed by atoms with Crippen LogP contribution in [0.25, 0.3) is 105 Å². The average Bonchev–Trinajstić information content (AvgIpc) is 3.86. The van der Waals surface area contributed by atoms with Gasteiger partial charge in [-0.15, -0.1) is 0 Å². The van der Waals surface area contributed by atoms with Gasteiger partial charge in [0.15, 0.2) is 5.58 Å². The summed E-state index contributed by atoms with van der Waals surface area (Å²) in [5.74, 6) is 0. The molecule has 0 saturated heterocycles. The van der Waals surface area contributed by atoms with Gasteiger partial charge in [-0.25, -0.2) is 4.98 Å². The molecule has 11 rings (SSSR count). The van der Waals surface area contributed by atoms with Crippen LogP contribution in [0.1, 0.15) is 0 Å². The number of pyridine rings is 2. The van der Waals surface area contributed by atoms with Crippen LogP contribution < -0.4 is 0 Å². The average molecular weight is 654 g/mol. The number of nitrogens with zero attached hydrogens (tertiary/aromatic N) is 3. The van der Waals surface area contributed by atoms with E-state index in [0.717, 1.165) is 99.8 Å². The molecule has 0 radical (unpaired) electrons. The van der Waals surface area contributed by atoms with Crippen LogP contribution in [0.5, 0.6) is 0 Å². The van der Waals surface area contributed by atoms with E-state index in [2.05, 4.69) is 119 Å². The molecule has 5 heterocycles. The lowest BCUT2D eigenvalue weighted by molar-refractivity contribution is 0.668. The highest BCUT2D eigenvalue weighted by Crippen LogP contribution is 2.39. The van der Waals surface area contributed by atoms with Gasteiger partial charge in [0.1, 0.15) is 22.3 Å². The summed E-state index contributed by atoms with van der Waals surface area (Å²) >= 11 is 0. The smallest absolute Gasteiger partial charge is 0.153 e. The van der Waals surface area contributed by atoms with Gasteiger partial charge in [-0.05, 0) is 102 Å². The quantitative estimate of drug-likeness (QED) is 0.190. The Bertz CT molecular complexity index is 2980. The van der Waals surface area contributed by atoms with Gasteiger partial charge >= 0.3 is 0 Å². The number of benzene rings is 6. The second kappa shape index (κ2) is 10.8. The minimum absolute atomic E-state index is 0.789. The maximum Gasteiger partial charge on any atom is 0.153 e. The first-order valence-electron chi connectivity index (χ1n) is 17.1. The van der Waals surface area contributed by atoms with Crippen molar-refractivity contribution < 1.29 is 8.83 Å². The topological polar surface area (TPSA) is 57.0 Å².